The van der Waals surface area contributed by atoms with E-state index in [4.69, 9.17) is 5.73 Å². The molecule has 7 nitrogen and oxygen atoms in total. The highest BCUT2D eigenvalue weighted by Gasteiger charge is 2.23. The summed E-state index contributed by atoms with van der Waals surface area (Å²) >= 11 is 0. The number of hydrogen-bond donors (Lipinski definition) is 3. The van der Waals surface area contributed by atoms with Crippen LogP contribution in [0.15, 0.2) is 29.3 Å². The normalized spacial score (nSPS) is 17.2. The Morgan fingerprint density at radius 3 is 2.65 bits per heavy atom. The minimum Gasteiger partial charge on any atom is -0.370 e. The van der Waals surface area contributed by atoms with Gasteiger partial charge in [-0.15, -0.1) is 24.0 Å². The molecule has 0 aliphatic carbocycles. The smallest absolute Gasteiger partial charge is 0.243 e. The van der Waals surface area contributed by atoms with Crippen molar-refractivity contribution in [1.29, 1.82) is 0 Å². The molecule has 1 aliphatic heterocycles. The molecule has 0 spiro atoms. The Morgan fingerprint density at radius 2 is 2.04 bits per heavy atom. The second kappa shape index (κ2) is 10.9. The molecule has 1 unspecified atom stereocenters. The highest BCUT2D eigenvalue weighted by atomic mass is 127. The number of carbonyl (C=O) groups is 2. The summed E-state index contributed by atoms with van der Waals surface area (Å²) in [7, 11) is 1.65. The fourth-order valence-corrected chi connectivity index (χ4v) is 2.94. The van der Waals surface area contributed by atoms with E-state index >= 15 is 0 Å². The molecule has 1 heterocycles. The summed E-state index contributed by atoms with van der Waals surface area (Å²) < 4.78 is 12.9. The van der Waals surface area contributed by atoms with Gasteiger partial charge in [0.2, 0.25) is 11.8 Å². The summed E-state index contributed by atoms with van der Waals surface area (Å²) in [6.07, 6.45) is 2.26. The predicted octanol–water partition coefficient (Wildman–Crippen LogP) is 1.54. The van der Waals surface area contributed by atoms with Crippen LogP contribution in [-0.2, 0) is 9.59 Å². The number of anilines is 1. The second-order valence-corrected chi connectivity index (χ2v) is 6.08. The third kappa shape index (κ3) is 7.14. The van der Waals surface area contributed by atoms with Crippen LogP contribution in [0, 0.1) is 11.7 Å². The summed E-state index contributed by atoms with van der Waals surface area (Å²) in [5, 5.41) is 5.70. The number of primary amides is 1. The largest absolute Gasteiger partial charge is 0.370 e. The van der Waals surface area contributed by atoms with E-state index in [1.54, 1.807) is 7.05 Å². The third-order valence-electron chi connectivity index (χ3n) is 4.06. The minimum absolute atomic E-state index is 0. The van der Waals surface area contributed by atoms with Gasteiger partial charge in [-0.2, -0.15) is 0 Å². The zero-order valence-electron chi connectivity index (χ0n) is 14.7. The SMILES string of the molecule is CN=C(NCC(=O)Nc1ccc(F)cc1)N1CCCC(CC(N)=O)C1.I. The van der Waals surface area contributed by atoms with Crippen molar-refractivity contribution in [3.8, 4) is 0 Å². The minimum atomic E-state index is -0.354. The molecule has 1 atom stereocenters. The van der Waals surface area contributed by atoms with E-state index in [9.17, 15) is 14.0 Å². The van der Waals surface area contributed by atoms with Crippen LogP contribution in [0.3, 0.4) is 0 Å². The Bertz CT molecular complexity index is 639. The standard InChI is InChI=1S/C17H24FN5O2.HI/c1-20-17(23-8-2-3-12(11-23)9-15(19)24)21-10-16(25)22-14-6-4-13(18)5-7-14;/h4-7,12H,2-3,8-11H2,1H3,(H2,19,24)(H,20,21)(H,22,25);1H. The van der Waals surface area contributed by atoms with Crippen molar-refractivity contribution < 1.29 is 14.0 Å². The highest BCUT2D eigenvalue weighted by molar-refractivity contribution is 14.0. The van der Waals surface area contributed by atoms with Gasteiger partial charge in [0.25, 0.3) is 0 Å². The van der Waals surface area contributed by atoms with Gasteiger partial charge >= 0.3 is 0 Å². The second-order valence-electron chi connectivity index (χ2n) is 6.08. The molecule has 0 aromatic heterocycles. The lowest BCUT2D eigenvalue weighted by atomic mass is 9.95. The van der Waals surface area contributed by atoms with E-state index in [1.807, 2.05) is 4.90 Å². The van der Waals surface area contributed by atoms with Crippen molar-refractivity contribution in [1.82, 2.24) is 10.2 Å². The van der Waals surface area contributed by atoms with Gasteiger partial charge in [0.05, 0.1) is 6.54 Å². The lowest BCUT2D eigenvalue weighted by molar-refractivity contribution is -0.119. The predicted molar refractivity (Wildman–Crippen MR) is 110 cm³/mol. The van der Waals surface area contributed by atoms with Crippen molar-refractivity contribution in [3.05, 3.63) is 30.1 Å². The maximum atomic E-state index is 12.9. The molecule has 0 saturated carbocycles. The van der Waals surface area contributed by atoms with Crippen LogP contribution in [0.2, 0.25) is 0 Å². The first-order valence-corrected chi connectivity index (χ1v) is 8.27. The van der Waals surface area contributed by atoms with Crippen LogP contribution in [0.25, 0.3) is 0 Å². The fourth-order valence-electron chi connectivity index (χ4n) is 2.94. The Labute approximate surface area is 169 Å². The molecule has 1 aliphatic rings. The van der Waals surface area contributed by atoms with Gasteiger partial charge in [-0.3, -0.25) is 14.6 Å². The van der Waals surface area contributed by atoms with Crippen molar-refractivity contribution in [2.24, 2.45) is 16.6 Å². The lowest BCUT2D eigenvalue weighted by Gasteiger charge is -2.34. The number of halogens is 2. The first-order valence-electron chi connectivity index (χ1n) is 8.27. The van der Waals surface area contributed by atoms with Crippen LogP contribution >= 0.6 is 24.0 Å². The summed E-state index contributed by atoms with van der Waals surface area (Å²) in [5.74, 6) is -0.0830. The Kier molecular flexibility index (Phi) is 9.31. The number of nitrogens with two attached hydrogens (primary N) is 1. The molecular weight excluding hydrogens is 452 g/mol. The molecule has 4 N–H and O–H groups in total. The number of benzene rings is 1. The lowest BCUT2D eigenvalue weighted by Crippen LogP contribution is -2.48. The van der Waals surface area contributed by atoms with Crippen LogP contribution in [0.4, 0.5) is 10.1 Å². The Balaban J connectivity index is 0.00000338. The van der Waals surface area contributed by atoms with Crippen LogP contribution in [0.5, 0.6) is 0 Å². The first kappa shape index (κ1) is 22.1. The quantitative estimate of drug-likeness (QED) is 0.341. The molecule has 9 heteroatoms. The van der Waals surface area contributed by atoms with Gasteiger partial charge in [-0.1, -0.05) is 0 Å². The van der Waals surface area contributed by atoms with Crippen LogP contribution < -0.4 is 16.4 Å². The van der Waals surface area contributed by atoms with Crippen molar-refractivity contribution >= 4 is 47.4 Å². The molecule has 0 bridgehead atoms. The van der Waals surface area contributed by atoms with Crippen LogP contribution in [-0.4, -0.2) is 49.4 Å². The third-order valence-corrected chi connectivity index (χ3v) is 4.06. The molecule has 1 fully saturated rings. The van der Waals surface area contributed by atoms with E-state index in [1.165, 1.54) is 24.3 Å². The summed E-state index contributed by atoms with van der Waals surface area (Å²) in [4.78, 5) is 29.3. The number of guanidine groups is 1. The van der Waals surface area contributed by atoms with E-state index in [2.05, 4.69) is 15.6 Å². The molecule has 144 valence electrons. The van der Waals surface area contributed by atoms with Crippen molar-refractivity contribution in [2.45, 2.75) is 19.3 Å². The van der Waals surface area contributed by atoms with Gasteiger partial charge < -0.3 is 21.3 Å². The first-order chi connectivity index (χ1) is 12.0. The fraction of sp³-hybridized carbons (Fsp3) is 0.471. The number of amides is 2. The van der Waals surface area contributed by atoms with Gasteiger partial charge in [-0.05, 0) is 43.0 Å². The van der Waals surface area contributed by atoms with Gasteiger partial charge in [-0.25, -0.2) is 4.39 Å². The Hall–Kier alpha value is -1.91. The average molecular weight is 477 g/mol. The molecule has 2 rings (SSSR count). The summed E-state index contributed by atoms with van der Waals surface area (Å²) in [6, 6.07) is 5.57. The van der Waals surface area contributed by atoms with E-state index < -0.39 is 0 Å². The number of likely N-dealkylation sites (tertiary alicyclic amines) is 1. The number of aliphatic imine (C=N–C) groups is 1. The molecule has 26 heavy (non-hydrogen) atoms. The summed E-state index contributed by atoms with van der Waals surface area (Å²) in [5.41, 5.74) is 5.81. The van der Waals surface area contributed by atoms with Crippen molar-refractivity contribution in [2.75, 3.05) is 32.0 Å². The van der Waals surface area contributed by atoms with Gasteiger partial charge in [0.15, 0.2) is 5.96 Å². The van der Waals surface area contributed by atoms with E-state index in [0.717, 1.165) is 19.4 Å². The molecule has 0 radical (unpaired) electrons. The number of nitrogens with one attached hydrogen (secondary N) is 2. The molecule has 1 aromatic rings. The molecule has 2 amide bonds. The van der Waals surface area contributed by atoms with Gasteiger partial charge in [0, 0.05) is 32.2 Å². The zero-order valence-corrected chi connectivity index (χ0v) is 17.0. The highest BCUT2D eigenvalue weighted by Crippen LogP contribution is 2.19. The molecule has 1 aromatic carbocycles. The number of carbonyl (C=O) groups excluding carboxylic acids is 2. The number of piperidine rings is 1. The molecule has 1 saturated heterocycles. The number of nitrogens with zero attached hydrogens (tertiary/aromatic N) is 2. The maximum absolute atomic E-state index is 12.9. The Morgan fingerprint density at radius 1 is 1.35 bits per heavy atom. The number of hydrogen-bond acceptors (Lipinski definition) is 3. The van der Waals surface area contributed by atoms with Gasteiger partial charge in [0.1, 0.15) is 5.82 Å². The number of rotatable bonds is 5. The maximum Gasteiger partial charge on any atom is 0.243 e. The van der Waals surface area contributed by atoms with E-state index in [-0.39, 0.29) is 54.1 Å². The van der Waals surface area contributed by atoms with Crippen LogP contribution in [0.1, 0.15) is 19.3 Å². The monoisotopic (exact) mass is 477 g/mol. The molecular formula is C17H25FIN5O2. The average Bonchev–Trinajstić information content (AvgIpc) is 2.57. The van der Waals surface area contributed by atoms with Crippen molar-refractivity contribution in [3.63, 3.8) is 0 Å². The topological polar surface area (TPSA) is 99.8 Å². The van der Waals surface area contributed by atoms with E-state index in [0.29, 0.717) is 24.6 Å². The summed E-state index contributed by atoms with van der Waals surface area (Å²) in [6.45, 7) is 1.54. The zero-order chi connectivity index (χ0) is 18.2.